The average molecular weight is 511 g/mol. The van der Waals surface area contributed by atoms with Gasteiger partial charge in [0.05, 0.1) is 19.3 Å². The zero-order valence-corrected chi connectivity index (χ0v) is 25.1. The Labute approximate surface area is 217 Å². The minimum Gasteiger partial charge on any atom is -0.469 e. The number of hydrogen-bond donors (Lipinski definition) is 0. The zero-order valence-electron chi connectivity index (χ0n) is 24.1. The van der Waals surface area contributed by atoms with Gasteiger partial charge < -0.3 is 18.6 Å². The van der Waals surface area contributed by atoms with Gasteiger partial charge in [0.25, 0.3) is 0 Å². The molecule has 0 aliphatic heterocycles. The van der Waals surface area contributed by atoms with Crippen LogP contribution in [0.15, 0.2) is 24.3 Å². The second-order valence-corrected chi connectivity index (χ2v) is 16.1. The third-order valence-corrected chi connectivity index (χ3v) is 12.1. The number of allylic oxidation sites excluding steroid dienone is 2. The van der Waals surface area contributed by atoms with E-state index in [1.165, 1.54) is 13.5 Å². The van der Waals surface area contributed by atoms with Crippen molar-refractivity contribution in [3.63, 3.8) is 0 Å². The lowest BCUT2D eigenvalue weighted by Crippen LogP contribution is -2.43. The van der Waals surface area contributed by atoms with Crippen LogP contribution in [0.25, 0.3) is 0 Å². The van der Waals surface area contributed by atoms with E-state index in [0.29, 0.717) is 24.9 Å². The van der Waals surface area contributed by atoms with Crippen LogP contribution < -0.4 is 0 Å². The SMILES string of the molecule is CCOC(C)O[C@H]1C=C[C@@H](/C=C/[C@H](CCCCCCCC(=O)OC)O[Si](C)(C)C(C)(C)C)[C@H]1CC. The molecule has 0 aromatic carbocycles. The molecule has 0 aromatic rings. The second kappa shape index (κ2) is 16.0. The van der Waals surface area contributed by atoms with Crippen LogP contribution in [0.5, 0.6) is 0 Å². The molecule has 0 fully saturated rings. The van der Waals surface area contributed by atoms with Crippen LogP contribution in [-0.2, 0) is 23.4 Å². The Bertz CT molecular complexity index is 652. The Balaban J connectivity index is 2.71. The molecule has 0 amide bonds. The van der Waals surface area contributed by atoms with E-state index in [1.54, 1.807) is 0 Å². The molecule has 0 spiro atoms. The van der Waals surface area contributed by atoms with E-state index in [0.717, 1.165) is 38.5 Å². The lowest BCUT2D eigenvalue weighted by molar-refractivity contribution is -0.156. The summed E-state index contributed by atoms with van der Waals surface area (Å²) in [5.74, 6) is 0.685. The minimum atomic E-state index is -1.87. The molecule has 0 heterocycles. The molecule has 0 aromatic heterocycles. The smallest absolute Gasteiger partial charge is 0.305 e. The van der Waals surface area contributed by atoms with Gasteiger partial charge in [-0.15, -0.1) is 0 Å². The fourth-order valence-corrected chi connectivity index (χ4v) is 5.65. The average Bonchev–Trinajstić information content (AvgIpc) is 3.16. The number of ether oxygens (including phenoxy) is 3. The molecular weight excluding hydrogens is 456 g/mol. The molecule has 35 heavy (non-hydrogen) atoms. The van der Waals surface area contributed by atoms with Gasteiger partial charge in [0.2, 0.25) is 0 Å². The molecule has 0 radical (unpaired) electrons. The maximum absolute atomic E-state index is 11.3. The molecule has 6 heteroatoms. The first-order valence-electron chi connectivity index (χ1n) is 13.8. The van der Waals surface area contributed by atoms with Gasteiger partial charge in [0, 0.05) is 18.9 Å². The van der Waals surface area contributed by atoms with Crippen molar-refractivity contribution < 1.29 is 23.4 Å². The van der Waals surface area contributed by atoms with Crippen molar-refractivity contribution in [3.8, 4) is 0 Å². The highest BCUT2D eigenvalue weighted by Crippen LogP contribution is 2.38. The van der Waals surface area contributed by atoms with Crippen LogP contribution in [0.4, 0.5) is 0 Å². The van der Waals surface area contributed by atoms with Crippen molar-refractivity contribution in [2.45, 2.75) is 130 Å². The molecule has 1 unspecified atom stereocenters. The van der Waals surface area contributed by atoms with Crippen LogP contribution >= 0.6 is 0 Å². The first kappa shape index (κ1) is 32.1. The van der Waals surface area contributed by atoms with Crippen molar-refractivity contribution in [2.24, 2.45) is 11.8 Å². The molecule has 5 atom stereocenters. The van der Waals surface area contributed by atoms with Crippen molar-refractivity contribution >= 4 is 14.3 Å². The molecule has 1 aliphatic carbocycles. The molecule has 0 saturated carbocycles. The lowest BCUT2D eigenvalue weighted by atomic mass is 9.90. The van der Waals surface area contributed by atoms with Crippen molar-refractivity contribution in [1.29, 1.82) is 0 Å². The molecule has 1 aliphatic rings. The second-order valence-electron chi connectivity index (χ2n) is 11.3. The summed E-state index contributed by atoms with van der Waals surface area (Å²) in [6.45, 7) is 18.5. The summed E-state index contributed by atoms with van der Waals surface area (Å²) in [6, 6.07) is 0. The number of esters is 1. The predicted molar refractivity (Wildman–Crippen MR) is 148 cm³/mol. The third kappa shape index (κ3) is 11.8. The normalized spacial score (nSPS) is 22.6. The van der Waals surface area contributed by atoms with Gasteiger partial charge in [-0.05, 0) is 57.2 Å². The highest BCUT2D eigenvalue weighted by atomic mass is 28.4. The number of hydrogen-bond acceptors (Lipinski definition) is 5. The summed E-state index contributed by atoms with van der Waals surface area (Å²) in [4.78, 5) is 11.3. The number of carbonyl (C=O) groups excluding carboxylic acids is 1. The Kier molecular flexibility index (Phi) is 14.7. The Hall–Kier alpha value is -0.953. The van der Waals surface area contributed by atoms with E-state index >= 15 is 0 Å². The van der Waals surface area contributed by atoms with Gasteiger partial charge in [-0.1, -0.05) is 77.7 Å². The fraction of sp³-hybridized carbons (Fsp3) is 0.828. The van der Waals surface area contributed by atoms with Gasteiger partial charge in [-0.2, -0.15) is 0 Å². The summed E-state index contributed by atoms with van der Waals surface area (Å²) in [7, 11) is -0.419. The fourth-order valence-electron chi connectivity index (χ4n) is 4.34. The standard InChI is InChI=1S/C29H54O5Si/c1-10-26-24(20-22-27(26)33-23(3)32-11-2)19-21-25(34-35(8,9)29(4,5)6)17-15-13-12-14-16-18-28(30)31-7/h19-27H,10-18H2,1-9H3/b21-19+/t23?,24-,25+,26-,27+/m1/s1. The number of methoxy groups -OCH3 is 1. The van der Waals surface area contributed by atoms with Crippen molar-refractivity contribution in [1.82, 2.24) is 0 Å². The summed E-state index contributed by atoms with van der Waals surface area (Å²) in [5.41, 5.74) is 0. The van der Waals surface area contributed by atoms with Gasteiger partial charge in [0.15, 0.2) is 14.6 Å². The monoisotopic (exact) mass is 510 g/mol. The van der Waals surface area contributed by atoms with Crippen LogP contribution in [0.2, 0.25) is 18.1 Å². The van der Waals surface area contributed by atoms with Crippen LogP contribution in [0.3, 0.4) is 0 Å². The molecule has 0 N–H and O–H groups in total. The molecule has 1 rings (SSSR count). The molecule has 204 valence electrons. The Morgan fingerprint density at radius 3 is 2.31 bits per heavy atom. The molecular formula is C29H54O5Si. The molecule has 0 bridgehead atoms. The number of unbranched alkanes of at least 4 members (excludes halogenated alkanes) is 4. The van der Waals surface area contributed by atoms with E-state index in [1.807, 2.05) is 13.8 Å². The van der Waals surface area contributed by atoms with Gasteiger partial charge >= 0.3 is 5.97 Å². The predicted octanol–water partition coefficient (Wildman–Crippen LogP) is 7.82. The van der Waals surface area contributed by atoms with Crippen LogP contribution in [0.1, 0.15) is 92.9 Å². The zero-order chi connectivity index (χ0) is 26.5. The van der Waals surface area contributed by atoms with E-state index in [4.69, 9.17) is 18.6 Å². The highest BCUT2D eigenvalue weighted by molar-refractivity contribution is 6.74. The molecule has 5 nitrogen and oxygen atoms in total. The first-order valence-corrected chi connectivity index (χ1v) is 16.7. The molecule has 0 saturated heterocycles. The van der Waals surface area contributed by atoms with E-state index in [9.17, 15) is 4.79 Å². The van der Waals surface area contributed by atoms with Crippen molar-refractivity contribution in [2.75, 3.05) is 13.7 Å². The Morgan fingerprint density at radius 1 is 1.06 bits per heavy atom. The van der Waals surface area contributed by atoms with Crippen LogP contribution in [-0.4, -0.2) is 46.5 Å². The summed E-state index contributed by atoms with van der Waals surface area (Å²) in [5, 5.41) is 0.181. The van der Waals surface area contributed by atoms with E-state index < -0.39 is 8.32 Å². The number of carbonyl (C=O) groups is 1. The summed E-state index contributed by atoms with van der Waals surface area (Å²) >= 11 is 0. The Morgan fingerprint density at radius 2 is 1.71 bits per heavy atom. The van der Waals surface area contributed by atoms with Crippen LogP contribution in [0, 0.1) is 11.8 Å². The highest BCUT2D eigenvalue weighted by Gasteiger charge is 2.39. The van der Waals surface area contributed by atoms with Gasteiger partial charge in [-0.25, -0.2) is 0 Å². The third-order valence-electron chi connectivity index (χ3n) is 7.56. The number of rotatable bonds is 17. The lowest BCUT2D eigenvalue weighted by Gasteiger charge is -2.39. The minimum absolute atomic E-state index is 0.0981. The maximum atomic E-state index is 11.3. The summed E-state index contributed by atoms with van der Waals surface area (Å²) < 4.78 is 23.3. The first-order chi connectivity index (χ1) is 16.4. The topological polar surface area (TPSA) is 54.0 Å². The van der Waals surface area contributed by atoms with E-state index in [-0.39, 0.29) is 29.5 Å². The van der Waals surface area contributed by atoms with Gasteiger partial charge in [-0.3, -0.25) is 4.79 Å². The summed E-state index contributed by atoms with van der Waals surface area (Å²) in [6.07, 6.45) is 17.3. The quantitative estimate of drug-likeness (QED) is 0.0656. The van der Waals surface area contributed by atoms with E-state index in [2.05, 4.69) is 65.1 Å². The largest absolute Gasteiger partial charge is 0.469 e. The van der Waals surface area contributed by atoms with Gasteiger partial charge in [0.1, 0.15) is 0 Å². The van der Waals surface area contributed by atoms with Crippen molar-refractivity contribution in [3.05, 3.63) is 24.3 Å². The maximum Gasteiger partial charge on any atom is 0.305 e.